The number of carbonyl (C=O) groups is 2. The average molecular weight is 248 g/mol. The summed E-state index contributed by atoms with van der Waals surface area (Å²) in [7, 11) is 1.15. The van der Waals surface area contributed by atoms with E-state index in [9.17, 15) is 19.8 Å². The van der Waals surface area contributed by atoms with Gasteiger partial charge in [0.1, 0.15) is 6.10 Å². The van der Waals surface area contributed by atoms with E-state index in [1.165, 1.54) is 0 Å². The number of ketones is 2. The van der Waals surface area contributed by atoms with Crippen LogP contribution in [-0.2, 0) is 19.1 Å². The molecule has 17 heavy (non-hydrogen) atoms. The molecule has 0 aromatic carbocycles. The number of Topliss-reactive ketones (excluding diaryl/α,β-unsaturated/α-hetero) is 2. The molecule has 1 saturated heterocycles. The minimum absolute atomic E-state index is 0.731. The number of carbonyl (C=O) groups excluding carboxylic acids is 2. The molecule has 0 saturated carbocycles. The number of hydrogen-bond acceptors (Lipinski definition) is 7. The Morgan fingerprint density at radius 2 is 1.71 bits per heavy atom. The highest BCUT2D eigenvalue weighted by atomic mass is 16.7. The topological polar surface area (TPSA) is 113 Å². The molecule has 0 bridgehead atoms. The van der Waals surface area contributed by atoms with Gasteiger partial charge in [-0.15, -0.1) is 0 Å². The minimum atomic E-state index is -2.53. The first-order valence-corrected chi connectivity index (χ1v) is 5.02. The number of aliphatic hydroxyl groups excluding tert-OH is 1. The lowest BCUT2D eigenvalue weighted by atomic mass is 9.75. The van der Waals surface area contributed by atoms with E-state index < -0.39 is 41.8 Å². The molecule has 1 fully saturated rings. The molecule has 1 heterocycles. The lowest BCUT2D eigenvalue weighted by Crippen LogP contribution is -2.67. The average Bonchev–Trinajstić information content (AvgIpc) is 2.50. The Kier molecular flexibility index (Phi) is 3.70. The van der Waals surface area contributed by atoms with Crippen LogP contribution >= 0.6 is 0 Å². The van der Waals surface area contributed by atoms with E-state index in [4.69, 9.17) is 14.6 Å². The van der Waals surface area contributed by atoms with Gasteiger partial charge in [-0.3, -0.25) is 9.59 Å². The smallest absolute Gasteiger partial charge is 0.212 e. The Morgan fingerprint density at radius 3 is 2.00 bits per heavy atom. The van der Waals surface area contributed by atoms with Gasteiger partial charge < -0.3 is 24.8 Å². The van der Waals surface area contributed by atoms with Gasteiger partial charge in [-0.1, -0.05) is 0 Å². The molecule has 0 spiro atoms. The maximum Gasteiger partial charge on any atom is 0.212 e. The van der Waals surface area contributed by atoms with Crippen LogP contribution in [0, 0.1) is 0 Å². The van der Waals surface area contributed by atoms with Crippen molar-refractivity contribution in [3.63, 3.8) is 0 Å². The van der Waals surface area contributed by atoms with E-state index in [1.807, 2.05) is 0 Å². The van der Waals surface area contributed by atoms with Crippen LogP contribution in [0.5, 0.6) is 0 Å². The number of rotatable bonds is 4. The highest BCUT2D eigenvalue weighted by molar-refractivity contribution is 5.98. The first kappa shape index (κ1) is 14.2. The first-order chi connectivity index (χ1) is 7.76. The van der Waals surface area contributed by atoms with Crippen molar-refractivity contribution in [1.82, 2.24) is 0 Å². The normalized spacial score (nSPS) is 41.5. The van der Waals surface area contributed by atoms with E-state index in [1.54, 1.807) is 0 Å². The number of ether oxygens (including phenoxy) is 2. The van der Waals surface area contributed by atoms with Crippen LogP contribution in [0.4, 0.5) is 0 Å². The van der Waals surface area contributed by atoms with Gasteiger partial charge >= 0.3 is 0 Å². The lowest BCUT2D eigenvalue weighted by Gasteiger charge is -2.36. The fourth-order valence-electron chi connectivity index (χ4n) is 2.10. The predicted octanol–water partition coefficient (Wildman–Crippen LogP) is -2.01. The summed E-state index contributed by atoms with van der Waals surface area (Å²) in [6.45, 7) is 1.27. The third kappa shape index (κ3) is 1.62. The van der Waals surface area contributed by atoms with Gasteiger partial charge in [-0.25, -0.2) is 0 Å². The van der Waals surface area contributed by atoms with Crippen molar-refractivity contribution in [3.05, 3.63) is 0 Å². The summed E-state index contributed by atoms with van der Waals surface area (Å²) in [5, 5.41) is 29.5. The third-order valence-electron chi connectivity index (χ3n) is 3.13. The third-order valence-corrected chi connectivity index (χ3v) is 3.13. The quantitative estimate of drug-likeness (QED) is 0.526. The zero-order chi connectivity index (χ0) is 13.4. The lowest BCUT2D eigenvalue weighted by molar-refractivity contribution is -0.205. The minimum Gasteiger partial charge on any atom is -0.394 e. The Bertz CT molecular complexity index is 310. The molecule has 1 aliphatic rings. The molecule has 0 unspecified atom stereocenters. The molecule has 0 aliphatic carbocycles. The molecule has 0 aromatic rings. The largest absolute Gasteiger partial charge is 0.394 e. The molecular formula is C10H16O7. The Hall–Kier alpha value is -0.860. The van der Waals surface area contributed by atoms with Gasteiger partial charge in [0.2, 0.25) is 5.60 Å². The Labute approximate surface area is 98.0 Å². The molecule has 3 N–H and O–H groups in total. The van der Waals surface area contributed by atoms with Crippen LogP contribution in [-0.4, -0.2) is 64.2 Å². The summed E-state index contributed by atoms with van der Waals surface area (Å²) in [5.74, 6) is -1.76. The van der Waals surface area contributed by atoms with E-state index in [0.717, 1.165) is 21.0 Å². The standard InChI is InChI=1S/C10H16O7/c1-5(12)9(14)7(4-11)17-8(16-3)10(9,15)6(2)13/h7-8,11,14-15H,4H2,1-3H3/t7-,8-,9-,10+/m1/s1. The summed E-state index contributed by atoms with van der Waals surface area (Å²) in [6, 6.07) is 0. The molecule has 0 aromatic heterocycles. The zero-order valence-electron chi connectivity index (χ0n) is 9.84. The van der Waals surface area contributed by atoms with Crippen LogP contribution in [0.1, 0.15) is 13.8 Å². The summed E-state index contributed by atoms with van der Waals surface area (Å²) in [4.78, 5) is 23.0. The van der Waals surface area contributed by atoms with Crippen molar-refractivity contribution in [1.29, 1.82) is 0 Å². The summed E-state index contributed by atoms with van der Waals surface area (Å²) < 4.78 is 9.75. The summed E-state index contributed by atoms with van der Waals surface area (Å²) in [5.41, 5.74) is -5.05. The molecule has 7 heteroatoms. The van der Waals surface area contributed by atoms with Gasteiger partial charge in [0, 0.05) is 7.11 Å². The Morgan fingerprint density at radius 1 is 1.24 bits per heavy atom. The highest BCUT2D eigenvalue weighted by Crippen LogP contribution is 2.41. The summed E-state index contributed by atoms with van der Waals surface area (Å²) in [6.07, 6.45) is -2.93. The second-order valence-corrected chi connectivity index (χ2v) is 4.02. The van der Waals surface area contributed by atoms with Gasteiger partial charge in [0.25, 0.3) is 0 Å². The van der Waals surface area contributed by atoms with Crippen LogP contribution < -0.4 is 0 Å². The van der Waals surface area contributed by atoms with Crippen molar-refractivity contribution in [3.8, 4) is 0 Å². The molecule has 98 valence electrons. The predicted molar refractivity (Wildman–Crippen MR) is 54.0 cm³/mol. The number of hydrogen-bond donors (Lipinski definition) is 3. The fraction of sp³-hybridized carbons (Fsp3) is 0.800. The molecule has 7 nitrogen and oxygen atoms in total. The molecule has 4 atom stereocenters. The molecule has 0 amide bonds. The van der Waals surface area contributed by atoms with Gasteiger partial charge in [-0.05, 0) is 13.8 Å². The van der Waals surface area contributed by atoms with Crippen LogP contribution in [0.3, 0.4) is 0 Å². The van der Waals surface area contributed by atoms with E-state index in [0.29, 0.717) is 0 Å². The van der Waals surface area contributed by atoms with Crippen molar-refractivity contribution in [2.75, 3.05) is 13.7 Å². The highest BCUT2D eigenvalue weighted by Gasteiger charge is 2.71. The molecule has 1 aliphatic heterocycles. The second kappa shape index (κ2) is 4.43. The monoisotopic (exact) mass is 248 g/mol. The van der Waals surface area contributed by atoms with Crippen molar-refractivity contribution < 1.29 is 34.4 Å². The Balaban J connectivity index is 3.38. The molecule has 1 rings (SSSR count). The molecule has 0 radical (unpaired) electrons. The fourth-order valence-corrected chi connectivity index (χ4v) is 2.10. The van der Waals surface area contributed by atoms with Gasteiger partial charge in [0.05, 0.1) is 6.61 Å². The SMILES string of the molecule is CO[C@@H]1O[C@H](CO)[C@](O)(C(C)=O)[C@]1(O)C(C)=O. The first-order valence-electron chi connectivity index (χ1n) is 5.02. The van der Waals surface area contributed by atoms with Gasteiger partial charge in [0.15, 0.2) is 23.5 Å². The number of methoxy groups -OCH3 is 1. The summed E-state index contributed by atoms with van der Waals surface area (Å²) >= 11 is 0. The van der Waals surface area contributed by atoms with Crippen molar-refractivity contribution in [2.45, 2.75) is 37.4 Å². The molecular weight excluding hydrogens is 232 g/mol. The van der Waals surface area contributed by atoms with E-state index >= 15 is 0 Å². The van der Waals surface area contributed by atoms with Gasteiger partial charge in [-0.2, -0.15) is 0 Å². The van der Waals surface area contributed by atoms with Crippen LogP contribution in [0.15, 0.2) is 0 Å². The van der Waals surface area contributed by atoms with Crippen LogP contribution in [0.25, 0.3) is 0 Å². The van der Waals surface area contributed by atoms with Crippen molar-refractivity contribution in [2.24, 2.45) is 0 Å². The zero-order valence-corrected chi connectivity index (χ0v) is 9.84. The van der Waals surface area contributed by atoms with E-state index in [-0.39, 0.29) is 0 Å². The van der Waals surface area contributed by atoms with E-state index in [2.05, 4.69) is 0 Å². The maximum absolute atomic E-state index is 11.5. The van der Waals surface area contributed by atoms with Crippen LogP contribution in [0.2, 0.25) is 0 Å². The maximum atomic E-state index is 11.5. The number of aliphatic hydroxyl groups is 3. The second-order valence-electron chi connectivity index (χ2n) is 4.02. The van der Waals surface area contributed by atoms with Crippen molar-refractivity contribution >= 4 is 11.6 Å².